The van der Waals surface area contributed by atoms with Gasteiger partial charge in [-0.25, -0.2) is 0 Å². The van der Waals surface area contributed by atoms with E-state index in [1.54, 1.807) is 0 Å². The number of hydrogen-bond acceptors (Lipinski definition) is 0. The van der Waals surface area contributed by atoms with Crippen molar-refractivity contribution in [2.45, 2.75) is 0 Å². The Morgan fingerprint density at radius 3 is 1.38 bits per heavy atom. The molecule has 0 aliphatic heterocycles. The molecule has 0 saturated heterocycles. The number of fused-ring (bicyclic) bond motifs is 13. The first-order valence-corrected chi connectivity index (χ1v) is 14.8. The highest BCUT2D eigenvalue weighted by Gasteiger charge is 2.25. The summed E-state index contributed by atoms with van der Waals surface area (Å²) in [6, 6.07) is 50.5. The normalized spacial score (nSPS) is 12.8. The molecule has 11 rings (SSSR count). The lowest BCUT2D eigenvalue weighted by atomic mass is 9.91. The minimum atomic E-state index is 1.30. The number of benzene rings is 9. The zero-order valence-electron chi connectivity index (χ0n) is 22.7. The monoisotopic (exact) mass is 526 g/mol. The maximum atomic E-state index is 2.46. The fourth-order valence-electron chi connectivity index (χ4n) is 8.25. The van der Waals surface area contributed by atoms with Gasteiger partial charge in [-0.15, -0.1) is 0 Å². The molecule has 2 aliphatic rings. The first-order chi connectivity index (χ1) is 20.8. The summed E-state index contributed by atoms with van der Waals surface area (Å²) >= 11 is 0. The predicted octanol–water partition coefficient (Wildman–Crippen LogP) is 11.9. The molecule has 0 radical (unpaired) electrons. The second-order valence-corrected chi connectivity index (χ2v) is 12.0. The van der Waals surface area contributed by atoms with Crippen LogP contribution in [0.3, 0.4) is 0 Å². The van der Waals surface area contributed by atoms with E-state index >= 15 is 0 Å². The molecule has 2 aliphatic carbocycles. The summed E-state index contributed by atoms with van der Waals surface area (Å²) in [5.41, 5.74) is 10.8. The Bertz CT molecular complexity index is 2720. The largest absolute Gasteiger partial charge is 0.0616 e. The van der Waals surface area contributed by atoms with Crippen molar-refractivity contribution >= 4 is 64.6 Å². The SMILES string of the molecule is c1cc2c3c(cccc3c1)-c1cc3c(ccc4c5cc6c(cc5ccc34)-c3cc4ccccc4c4cccc-6c34)cc1-2. The van der Waals surface area contributed by atoms with Crippen molar-refractivity contribution in [3.8, 4) is 44.5 Å². The molecular formula is C42H22. The maximum Gasteiger partial charge on any atom is -0.00199 e. The first-order valence-electron chi connectivity index (χ1n) is 14.8. The fraction of sp³-hybridized carbons (Fsp3) is 0. The number of hydrogen-bond donors (Lipinski definition) is 0. The van der Waals surface area contributed by atoms with E-state index < -0.39 is 0 Å². The molecule has 0 heterocycles. The van der Waals surface area contributed by atoms with Crippen molar-refractivity contribution in [3.63, 3.8) is 0 Å². The van der Waals surface area contributed by atoms with E-state index in [1.807, 2.05) is 0 Å². The van der Waals surface area contributed by atoms with Crippen molar-refractivity contribution in [1.82, 2.24) is 0 Å². The van der Waals surface area contributed by atoms with Crippen molar-refractivity contribution in [1.29, 1.82) is 0 Å². The Balaban J connectivity index is 1.21. The molecule has 0 heteroatoms. The first kappa shape index (κ1) is 21.3. The van der Waals surface area contributed by atoms with Gasteiger partial charge >= 0.3 is 0 Å². The zero-order valence-corrected chi connectivity index (χ0v) is 22.7. The molecule has 190 valence electrons. The van der Waals surface area contributed by atoms with Gasteiger partial charge in [-0.05, 0) is 139 Å². The van der Waals surface area contributed by atoms with Crippen LogP contribution in [-0.4, -0.2) is 0 Å². The van der Waals surface area contributed by atoms with E-state index in [2.05, 4.69) is 133 Å². The quantitative estimate of drug-likeness (QED) is 0.172. The van der Waals surface area contributed by atoms with Crippen molar-refractivity contribution < 1.29 is 0 Å². The summed E-state index contributed by atoms with van der Waals surface area (Å²) in [6.45, 7) is 0. The molecule has 42 heavy (non-hydrogen) atoms. The van der Waals surface area contributed by atoms with Crippen molar-refractivity contribution in [2.24, 2.45) is 0 Å². The molecule has 0 atom stereocenters. The lowest BCUT2D eigenvalue weighted by Crippen LogP contribution is -1.85. The van der Waals surface area contributed by atoms with Gasteiger partial charge in [0.25, 0.3) is 0 Å². The van der Waals surface area contributed by atoms with E-state index in [1.165, 1.54) is 109 Å². The summed E-state index contributed by atoms with van der Waals surface area (Å²) in [6.07, 6.45) is 0. The van der Waals surface area contributed by atoms with Crippen LogP contribution < -0.4 is 0 Å². The van der Waals surface area contributed by atoms with Gasteiger partial charge in [0.05, 0.1) is 0 Å². The van der Waals surface area contributed by atoms with Gasteiger partial charge in [-0.2, -0.15) is 0 Å². The van der Waals surface area contributed by atoms with E-state index in [0.29, 0.717) is 0 Å². The maximum absolute atomic E-state index is 2.46. The number of rotatable bonds is 0. The molecule has 0 amide bonds. The highest BCUT2D eigenvalue weighted by atomic mass is 14.3. The smallest absolute Gasteiger partial charge is 0.00199 e. The Labute approximate surface area is 242 Å². The molecule has 0 bridgehead atoms. The molecule has 0 saturated carbocycles. The molecule has 0 N–H and O–H groups in total. The van der Waals surface area contributed by atoms with Gasteiger partial charge in [-0.3, -0.25) is 0 Å². The van der Waals surface area contributed by atoms with Gasteiger partial charge < -0.3 is 0 Å². The minimum Gasteiger partial charge on any atom is -0.0616 e. The van der Waals surface area contributed by atoms with Crippen LogP contribution in [-0.2, 0) is 0 Å². The van der Waals surface area contributed by atoms with Gasteiger partial charge in [0.2, 0.25) is 0 Å². The van der Waals surface area contributed by atoms with Crippen molar-refractivity contribution in [3.05, 3.63) is 133 Å². The molecule has 0 spiro atoms. The molecule has 0 unspecified atom stereocenters. The van der Waals surface area contributed by atoms with E-state index in [-0.39, 0.29) is 0 Å². The Morgan fingerprint density at radius 2 is 0.690 bits per heavy atom. The summed E-state index contributed by atoms with van der Waals surface area (Å²) in [7, 11) is 0. The van der Waals surface area contributed by atoms with Gasteiger partial charge in [0, 0.05) is 0 Å². The minimum absolute atomic E-state index is 1.30. The van der Waals surface area contributed by atoms with Crippen LogP contribution in [0.25, 0.3) is 109 Å². The summed E-state index contributed by atoms with van der Waals surface area (Å²) < 4.78 is 0. The predicted molar refractivity (Wildman–Crippen MR) is 180 cm³/mol. The van der Waals surface area contributed by atoms with E-state index in [0.717, 1.165) is 0 Å². The van der Waals surface area contributed by atoms with Crippen LogP contribution in [0.5, 0.6) is 0 Å². The molecule has 0 aromatic heterocycles. The Morgan fingerprint density at radius 1 is 0.214 bits per heavy atom. The summed E-state index contributed by atoms with van der Waals surface area (Å²) in [4.78, 5) is 0. The third-order valence-electron chi connectivity index (χ3n) is 10.1. The third-order valence-corrected chi connectivity index (χ3v) is 10.1. The second-order valence-electron chi connectivity index (χ2n) is 12.0. The summed E-state index contributed by atoms with van der Waals surface area (Å²) in [5, 5.41) is 16.0. The van der Waals surface area contributed by atoms with Gasteiger partial charge in [-0.1, -0.05) is 103 Å². The topological polar surface area (TPSA) is 0 Å². The highest BCUT2D eigenvalue weighted by Crippen LogP contribution is 2.52. The van der Waals surface area contributed by atoms with Crippen LogP contribution in [0.1, 0.15) is 0 Å². The van der Waals surface area contributed by atoms with Crippen LogP contribution in [0.15, 0.2) is 133 Å². The van der Waals surface area contributed by atoms with Crippen LogP contribution in [0.2, 0.25) is 0 Å². The molecule has 0 fully saturated rings. The average Bonchev–Trinajstić information content (AvgIpc) is 3.53. The third kappa shape index (κ3) is 2.47. The van der Waals surface area contributed by atoms with Crippen LogP contribution >= 0.6 is 0 Å². The molecular weight excluding hydrogens is 504 g/mol. The average molecular weight is 527 g/mol. The van der Waals surface area contributed by atoms with Crippen molar-refractivity contribution in [2.75, 3.05) is 0 Å². The van der Waals surface area contributed by atoms with Crippen LogP contribution in [0, 0.1) is 0 Å². The Hall–Kier alpha value is -5.46. The zero-order chi connectivity index (χ0) is 27.1. The van der Waals surface area contributed by atoms with Gasteiger partial charge in [0.1, 0.15) is 0 Å². The van der Waals surface area contributed by atoms with Crippen LogP contribution in [0.4, 0.5) is 0 Å². The fourth-order valence-corrected chi connectivity index (χ4v) is 8.25. The molecule has 9 aromatic rings. The second kappa shape index (κ2) is 7.24. The van der Waals surface area contributed by atoms with E-state index in [9.17, 15) is 0 Å². The van der Waals surface area contributed by atoms with Gasteiger partial charge in [0.15, 0.2) is 0 Å². The Kier molecular flexibility index (Phi) is 3.67. The summed E-state index contributed by atoms with van der Waals surface area (Å²) in [5.74, 6) is 0. The highest BCUT2D eigenvalue weighted by molar-refractivity contribution is 6.27. The lowest BCUT2D eigenvalue weighted by Gasteiger charge is -2.12. The molecule has 9 aromatic carbocycles. The van der Waals surface area contributed by atoms with E-state index in [4.69, 9.17) is 0 Å². The standard InChI is InChI=1S/C42H22/c1-2-9-27-24(6-1)20-40-37-19-26-15-17-28-29(35(26)22-39(37)33-13-5-12-30(27)42(33)40)16-14-25-18-36-31-10-3-7-23-8-4-11-32(41(23)31)38(36)21-34(25)28/h1-22H. The lowest BCUT2D eigenvalue weighted by molar-refractivity contribution is 1.74. The molecule has 0 nitrogen and oxygen atoms in total.